The van der Waals surface area contributed by atoms with E-state index in [4.69, 9.17) is 21.1 Å². The summed E-state index contributed by atoms with van der Waals surface area (Å²) in [6.45, 7) is 4.28. The van der Waals surface area contributed by atoms with E-state index in [1.54, 1.807) is 31.0 Å². The first-order chi connectivity index (χ1) is 16.9. The third-order valence-electron chi connectivity index (χ3n) is 6.49. The van der Waals surface area contributed by atoms with Crippen molar-refractivity contribution in [1.29, 1.82) is 0 Å². The minimum atomic E-state index is -0.499. The van der Waals surface area contributed by atoms with Crippen molar-refractivity contribution in [2.24, 2.45) is 0 Å². The molecule has 35 heavy (non-hydrogen) atoms. The van der Waals surface area contributed by atoms with E-state index >= 15 is 0 Å². The Morgan fingerprint density at radius 1 is 1.14 bits per heavy atom. The van der Waals surface area contributed by atoms with Crippen molar-refractivity contribution in [2.45, 2.75) is 38.5 Å². The lowest BCUT2D eigenvalue weighted by Gasteiger charge is -2.37. The highest BCUT2D eigenvalue weighted by Crippen LogP contribution is 2.47. The van der Waals surface area contributed by atoms with Crippen LogP contribution in [0.15, 0.2) is 71.1 Å². The summed E-state index contributed by atoms with van der Waals surface area (Å²) < 4.78 is 11.2. The summed E-state index contributed by atoms with van der Waals surface area (Å²) in [5.74, 6) is 1.60. The number of ketones is 1. The monoisotopic (exact) mass is 511 g/mol. The van der Waals surface area contributed by atoms with Gasteiger partial charge in [-0.3, -0.25) is 4.79 Å². The quantitative estimate of drug-likeness (QED) is 0.346. The highest BCUT2D eigenvalue weighted by Gasteiger charge is 2.41. The van der Waals surface area contributed by atoms with Crippen molar-refractivity contribution in [3.05, 3.63) is 87.2 Å². The van der Waals surface area contributed by atoms with Gasteiger partial charge in [0, 0.05) is 46.0 Å². The number of nitrogens with one attached hydrogen (secondary N) is 1. The van der Waals surface area contributed by atoms with Gasteiger partial charge >= 0.3 is 5.97 Å². The van der Waals surface area contributed by atoms with Crippen molar-refractivity contribution in [3.8, 4) is 5.75 Å². The zero-order valence-corrected chi connectivity index (χ0v) is 21.8. The molecule has 2 aromatic rings. The predicted molar refractivity (Wildman–Crippen MR) is 141 cm³/mol. The lowest BCUT2D eigenvalue weighted by molar-refractivity contribution is -0.138. The minimum absolute atomic E-state index is 0.0110. The summed E-state index contributed by atoms with van der Waals surface area (Å²) in [5.41, 5.74) is 4.55. The van der Waals surface area contributed by atoms with E-state index in [2.05, 4.69) is 12.2 Å². The summed E-state index contributed by atoms with van der Waals surface area (Å²) in [4.78, 5) is 27.0. The highest BCUT2D eigenvalue weighted by molar-refractivity contribution is 7.99. The number of rotatable bonds is 8. The van der Waals surface area contributed by atoms with Crippen LogP contribution >= 0.6 is 23.4 Å². The average molecular weight is 512 g/mol. The van der Waals surface area contributed by atoms with Gasteiger partial charge in [0.15, 0.2) is 5.78 Å². The fourth-order valence-corrected chi connectivity index (χ4v) is 5.55. The Labute approximate surface area is 215 Å². The van der Waals surface area contributed by atoms with Gasteiger partial charge in [-0.25, -0.2) is 4.79 Å². The van der Waals surface area contributed by atoms with Crippen molar-refractivity contribution in [3.63, 3.8) is 0 Å². The second kappa shape index (κ2) is 11.4. The summed E-state index contributed by atoms with van der Waals surface area (Å²) >= 11 is 7.87. The topological polar surface area (TPSA) is 64.6 Å². The number of para-hydroxylation sites is 1. The Hall–Kier alpha value is -2.70. The Kier molecular flexibility index (Phi) is 8.24. The van der Waals surface area contributed by atoms with E-state index in [0.29, 0.717) is 41.3 Å². The molecule has 0 saturated heterocycles. The number of carbonyl (C=O) groups is 2. The maximum Gasteiger partial charge on any atom is 0.336 e. The van der Waals surface area contributed by atoms with Gasteiger partial charge in [-0.05, 0) is 48.4 Å². The molecule has 1 aliphatic heterocycles. The second-order valence-electron chi connectivity index (χ2n) is 8.64. The van der Waals surface area contributed by atoms with Crippen LogP contribution in [0.25, 0.3) is 0 Å². The maximum absolute atomic E-state index is 13.7. The smallest absolute Gasteiger partial charge is 0.336 e. The summed E-state index contributed by atoms with van der Waals surface area (Å²) in [5, 5.41) is 4.00. The van der Waals surface area contributed by atoms with E-state index < -0.39 is 11.9 Å². The average Bonchev–Trinajstić information content (AvgIpc) is 2.86. The molecule has 0 radical (unpaired) electrons. The summed E-state index contributed by atoms with van der Waals surface area (Å²) in [6.07, 6.45) is 0.998. The van der Waals surface area contributed by atoms with Crippen LogP contribution in [0.4, 0.5) is 0 Å². The van der Waals surface area contributed by atoms with Crippen molar-refractivity contribution in [2.75, 3.05) is 25.2 Å². The molecule has 2 aliphatic rings. The van der Waals surface area contributed by atoms with Gasteiger partial charge in [0.2, 0.25) is 0 Å². The molecular weight excluding hydrogens is 482 g/mol. The van der Waals surface area contributed by atoms with Crippen LogP contribution in [-0.4, -0.2) is 37.0 Å². The minimum Gasteiger partial charge on any atom is -0.496 e. The molecule has 1 heterocycles. The Balaban J connectivity index is 1.72. The first kappa shape index (κ1) is 25.4. The van der Waals surface area contributed by atoms with E-state index in [0.717, 1.165) is 34.1 Å². The highest BCUT2D eigenvalue weighted by atomic mass is 35.5. The molecular formula is C28H30ClNO4S. The summed E-state index contributed by atoms with van der Waals surface area (Å²) in [7, 11) is 1.65. The van der Waals surface area contributed by atoms with Crippen LogP contribution in [0.5, 0.6) is 5.75 Å². The molecule has 0 fully saturated rings. The third kappa shape index (κ3) is 5.44. The van der Waals surface area contributed by atoms with Gasteiger partial charge in [-0.15, -0.1) is 0 Å². The molecule has 2 atom stereocenters. The zero-order valence-electron chi connectivity index (χ0n) is 20.2. The number of allylic oxidation sites excluding steroid dienone is 3. The molecule has 5 nitrogen and oxygen atoms in total. The number of benzene rings is 2. The molecule has 184 valence electrons. The molecule has 0 bridgehead atoms. The van der Waals surface area contributed by atoms with E-state index in [1.165, 1.54) is 0 Å². The fourth-order valence-electron chi connectivity index (χ4n) is 4.94. The largest absolute Gasteiger partial charge is 0.496 e. The van der Waals surface area contributed by atoms with Gasteiger partial charge in [0.1, 0.15) is 12.4 Å². The SMILES string of the molecule is CCSCCOC(=O)C1=C(C)NC2=C(C(=O)C[C@H](c3ccccc3OC)C2)[C@@H]1c1ccc(Cl)cc1. The van der Waals surface area contributed by atoms with Gasteiger partial charge in [0.25, 0.3) is 0 Å². The molecule has 7 heteroatoms. The molecule has 0 spiro atoms. The number of hydrogen-bond acceptors (Lipinski definition) is 6. The van der Waals surface area contributed by atoms with Gasteiger partial charge in [-0.2, -0.15) is 11.8 Å². The van der Waals surface area contributed by atoms with Crippen LogP contribution in [0.3, 0.4) is 0 Å². The second-order valence-corrected chi connectivity index (χ2v) is 10.5. The molecule has 1 N–H and O–H groups in total. The van der Waals surface area contributed by atoms with E-state index in [9.17, 15) is 9.59 Å². The van der Waals surface area contributed by atoms with Crippen molar-refractivity contribution < 1.29 is 19.1 Å². The van der Waals surface area contributed by atoms with Crippen LogP contribution in [0.2, 0.25) is 5.02 Å². The molecule has 0 amide bonds. The lowest BCUT2D eigenvalue weighted by atomic mass is 9.71. The third-order valence-corrected chi connectivity index (χ3v) is 7.61. The normalized spacial score (nSPS) is 19.8. The first-order valence-electron chi connectivity index (χ1n) is 11.8. The number of esters is 1. The van der Waals surface area contributed by atoms with Gasteiger partial charge in [-0.1, -0.05) is 48.9 Å². The maximum atomic E-state index is 13.7. The first-order valence-corrected chi connectivity index (χ1v) is 13.3. The zero-order chi connectivity index (χ0) is 24.9. The molecule has 0 aromatic heterocycles. The Bertz CT molecular complexity index is 1170. The van der Waals surface area contributed by atoms with Gasteiger partial charge in [0.05, 0.1) is 12.7 Å². The Morgan fingerprint density at radius 2 is 1.89 bits per heavy atom. The number of thioether (sulfide) groups is 1. The van der Waals surface area contributed by atoms with Crippen LogP contribution in [0, 0.1) is 0 Å². The van der Waals surface area contributed by atoms with Crippen molar-refractivity contribution >= 4 is 35.1 Å². The van der Waals surface area contributed by atoms with Crippen LogP contribution in [0.1, 0.15) is 49.7 Å². The standard InChI is InChI=1S/C28H30ClNO4S/c1-4-35-14-13-34-28(32)25-17(2)30-22-15-19(21-7-5-6-8-24(21)33-3)16-23(31)27(22)26(25)18-9-11-20(29)12-10-18/h5-12,19,26,30H,4,13-16H2,1-3H3/t19-,26-/m1/s1. The predicted octanol–water partition coefficient (Wildman–Crippen LogP) is 6.01. The number of dihydropyridines is 1. The number of Topliss-reactive ketones (excluding diaryl/α,β-unsaturated/α-hetero) is 1. The molecule has 2 aromatic carbocycles. The molecule has 0 saturated carbocycles. The molecule has 0 unspecified atom stereocenters. The van der Waals surface area contributed by atoms with Crippen LogP contribution < -0.4 is 10.1 Å². The number of methoxy groups -OCH3 is 1. The van der Waals surface area contributed by atoms with Crippen LogP contribution in [-0.2, 0) is 14.3 Å². The number of hydrogen-bond donors (Lipinski definition) is 1. The van der Waals surface area contributed by atoms with Crippen molar-refractivity contribution in [1.82, 2.24) is 5.32 Å². The fraction of sp³-hybridized carbons (Fsp3) is 0.357. The number of halogens is 1. The van der Waals surface area contributed by atoms with E-state index in [-0.39, 0.29) is 11.7 Å². The Morgan fingerprint density at radius 3 is 2.60 bits per heavy atom. The summed E-state index contributed by atoms with van der Waals surface area (Å²) in [6, 6.07) is 15.2. The molecule has 4 rings (SSSR count). The number of carbonyl (C=O) groups excluding carboxylic acids is 2. The lowest BCUT2D eigenvalue weighted by Crippen LogP contribution is -2.36. The number of ether oxygens (including phenoxy) is 2. The molecule has 1 aliphatic carbocycles. The van der Waals surface area contributed by atoms with E-state index in [1.807, 2.05) is 43.3 Å². The van der Waals surface area contributed by atoms with Gasteiger partial charge < -0.3 is 14.8 Å².